The van der Waals surface area contributed by atoms with Crippen LogP contribution in [0, 0.1) is 0 Å². The third-order valence-corrected chi connectivity index (χ3v) is 14.8. The Labute approximate surface area is 436 Å². The number of quaternary nitrogens is 1. The third kappa shape index (κ3) is 54.5. The molecule has 0 bridgehead atoms. The van der Waals surface area contributed by atoms with Gasteiger partial charge in [0.2, 0.25) is 5.91 Å². The van der Waals surface area contributed by atoms with Crippen molar-refractivity contribution in [2.24, 2.45) is 0 Å². The van der Waals surface area contributed by atoms with Crippen molar-refractivity contribution in [1.82, 2.24) is 5.32 Å². The minimum Gasteiger partial charge on any atom is -0.387 e. The molecule has 1 amide bonds. The number of phosphoric acid groups is 1. The number of unbranched alkanes of at least 4 members (excludes halogenated alkanes) is 39. The minimum atomic E-state index is -4.36. The number of carbonyl (C=O) groups is 1. The molecule has 414 valence electrons. The highest BCUT2D eigenvalue weighted by molar-refractivity contribution is 7.47. The number of allylic oxidation sites excluding steroid dienone is 5. The van der Waals surface area contributed by atoms with E-state index in [2.05, 4.69) is 43.5 Å². The maximum absolute atomic E-state index is 13.0. The summed E-state index contributed by atoms with van der Waals surface area (Å²) in [6, 6.07) is -0.868. The van der Waals surface area contributed by atoms with Gasteiger partial charge in [-0.3, -0.25) is 13.8 Å². The lowest BCUT2D eigenvalue weighted by Gasteiger charge is -2.25. The molecule has 0 aromatic rings. The molecule has 0 fully saturated rings. The number of aliphatic hydroxyl groups is 1. The Morgan fingerprint density at radius 1 is 0.471 bits per heavy atom. The van der Waals surface area contributed by atoms with Gasteiger partial charge < -0.3 is 19.8 Å². The second-order valence-corrected chi connectivity index (χ2v) is 23.5. The van der Waals surface area contributed by atoms with Gasteiger partial charge in [0.1, 0.15) is 13.2 Å². The Balaban J connectivity index is 4.23. The average Bonchev–Trinajstić information content (AvgIpc) is 3.32. The molecule has 0 rings (SSSR count). The van der Waals surface area contributed by atoms with Crippen molar-refractivity contribution >= 4 is 13.7 Å². The Morgan fingerprint density at radius 3 is 1.14 bits per heavy atom. The van der Waals surface area contributed by atoms with E-state index in [-0.39, 0.29) is 19.1 Å². The summed E-state index contributed by atoms with van der Waals surface area (Å²) in [5.74, 6) is -0.185. The summed E-state index contributed by atoms with van der Waals surface area (Å²) < 4.78 is 23.7. The fraction of sp³-hybridized carbons (Fsp3) is 0.885. The number of likely N-dealkylation sites (N-methyl/N-ethyl adjacent to an activating group) is 1. The van der Waals surface area contributed by atoms with Crippen LogP contribution in [-0.4, -0.2) is 73.4 Å². The van der Waals surface area contributed by atoms with E-state index < -0.39 is 20.0 Å². The van der Waals surface area contributed by atoms with Gasteiger partial charge in [0, 0.05) is 6.42 Å². The van der Waals surface area contributed by atoms with Crippen LogP contribution in [0.3, 0.4) is 0 Å². The molecule has 0 radical (unpaired) electrons. The Bertz CT molecular complexity index is 1230. The number of rotatable bonds is 56. The van der Waals surface area contributed by atoms with E-state index in [4.69, 9.17) is 9.05 Å². The van der Waals surface area contributed by atoms with E-state index in [0.717, 1.165) is 44.9 Å². The van der Waals surface area contributed by atoms with Crippen LogP contribution in [0.1, 0.15) is 296 Å². The molecule has 70 heavy (non-hydrogen) atoms. The topological polar surface area (TPSA) is 105 Å². The second-order valence-electron chi connectivity index (χ2n) is 22.1. The molecular weight excluding hydrogens is 888 g/mol. The van der Waals surface area contributed by atoms with Gasteiger partial charge in [-0.05, 0) is 44.9 Å². The Morgan fingerprint density at radius 2 is 0.786 bits per heavy atom. The fourth-order valence-corrected chi connectivity index (χ4v) is 9.81. The number of phosphoric ester groups is 1. The smallest absolute Gasteiger partial charge is 0.387 e. The first-order chi connectivity index (χ1) is 34.0. The van der Waals surface area contributed by atoms with Crippen molar-refractivity contribution in [1.29, 1.82) is 0 Å². The molecule has 3 N–H and O–H groups in total. The van der Waals surface area contributed by atoms with Crippen molar-refractivity contribution in [3.05, 3.63) is 36.5 Å². The lowest BCUT2D eigenvalue weighted by molar-refractivity contribution is -0.870. The first-order valence-electron chi connectivity index (χ1n) is 30.4. The monoisotopic (exact) mass is 1010 g/mol. The van der Waals surface area contributed by atoms with Crippen molar-refractivity contribution in [3.63, 3.8) is 0 Å². The third-order valence-electron chi connectivity index (χ3n) is 13.8. The lowest BCUT2D eigenvalue weighted by atomic mass is 10.0. The van der Waals surface area contributed by atoms with E-state index in [9.17, 15) is 19.4 Å². The lowest BCUT2D eigenvalue weighted by Crippen LogP contribution is -2.45. The fourth-order valence-electron chi connectivity index (χ4n) is 9.08. The summed E-state index contributed by atoms with van der Waals surface area (Å²) in [5, 5.41) is 13.9. The molecule has 8 nitrogen and oxygen atoms in total. The van der Waals surface area contributed by atoms with Crippen molar-refractivity contribution in [2.75, 3.05) is 40.9 Å². The molecule has 3 unspecified atom stereocenters. The average molecular weight is 1010 g/mol. The largest absolute Gasteiger partial charge is 0.472 e. The first kappa shape index (κ1) is 68.7. The maximum atomic E-state index is 13.0. The first-order valence-corrected chi connectivity index (χ1v) is 31.9. The molecule has 0 spiro atoms. The van der Waals surface area contributed by atoms with Gasteiger partial charge in [-0.1, -0.05) is 281 Å². The molecule has 9 heteroatoms. The number of carbonyl (C=O) groups excluding carboxylic acids is 1. The van der Waals surface area contributed by atoms with Crippen molar-refractivity contribution in [3.8, 4) is 0 Å². The summed E-state index contributed by atoms with van der Waals surface area (Å²) in [6.07, 6.45) is 68.3. The highest BCUT2D eigenvalue weighted by Crippen LogP contribution is 2.43. The summed E-state index contributed by atoms with van der Waals surface area (Å²) >= 11 is 0. The number of hydrogen-bond acceptors (Lipinski definition) is 5. The van der Waals surface area contributed by atoms with Gasteiger partial charge in [-0.25, -0.2) is 4.57 Å². The van der Waals surface area contributed by atoms with E-state index in [0.29, 0.717) is 17.4 Å². The van der Waals surface area contributed by atoms with Gasteiger partial charge >= 0.3 is 7.82 Å². The molecule has 3 atom stereocenters. The van der Waals surface area contributed by atoms with E-state index in [1.54, 1.807) is 6.08 Å². The van der Waals surface area contributed by atoms with Crippen LogP contribution in [0.2, 0.25) is 0 Å². The van der Waals surface area contributed by atoms with Gasteiger partial charge in [0.15, 0.2) is 0 Å². The predicted octanol–water partition coefficient (Wildman–Crippen LogP) is 18.5. The molecule has 0 aromatic carbocycles. The van der Waals surface area contributed by atoms with Crippen LogP contribution in [0.15, 0.2) is 36.5 Å². The molecule has 0 saturated carbocycles. The number of nitrogens with zero attached hydrogens (tertiary/aromatic N) is 1. The standard InChI is InChI=1S/C61H119N2O6P/c1-6-8-10-12-14-16-18-20-22-24-26-28-30-31-32-33-34-36-38-40-42-44-46-48-50-52-54-60(64)59(58-69-70(66,67)68-57-56-63(3,4)5)62-61(65)55-53-51-49-47-45-43-41-39-37-35-29-27-25-23-21-19-17-15-13-11-9-7-2/h36,38,44,46,52,54,59-60,64H,6-35,37,39-43,45,47-51,53,55-58H2,1-5H3,(H-,62,65,66,67)/p+1/b38-36+,46-44+,54-52+. The highest BCUT2D eigenvalue weighted by Gasteiger charge is 2.27. The normalized spacial score (nSPS) is 14.1. The zero-order valence-electron chi connectivity index (χ0n) is 47.3. The Kier molecular flexibility index (Phi) is 51.6. The van der Waals surface area contributed by atoms with Crippen molar-refractivity contribution in [2.45, 2.75) is 309 Å². The molecule has 0 aromatic heterocycles. The quantitative estimate of drug-likeness (QED) is 0.0243. The summed E-state index contributed by atoms with van der Waals surface area (Å²) in [6.45, 7) is 4.83. The minimum absolute atomic E-state index is 0.0552. The molecular formula is C61H120N2O6P+. The molecule has 0 heterocycles. The SMILES string of the molecule is CCCCCCCCCCCCCCCCCC/C=C/CC/C=C/CC/C=C/C(O)C(COP(=O)(O)OCC[N+](C)(C)C)NC(=O)CCCCCCCCCCCCCCCCCCCCCCCC. The predicted molar refractivity (Wildman–Crippen MR) is 304 cm³/mol. The van der Waals surface area contributed by atoms with Crippen LogP contribution in [0.4, 0.5) is 0 Å². The highest BCUT2D eigenvalue weighted by atomic mass is 31.2. The number of amides is 1. The van der Waals surface area contributed by atoms with E-state index in [1.165, 1.54) is 231 Å². The Hall–Kier alpha value is -1.28. The second kappa shape index (κ2) is 52.6. The van der Waals surface area contributed by atoms with Gasteiger partial charge in [0.05, 0.1) is 39.9 Å². The molecule has 0 aliphatic rings. The summed E-state index contributed by atoms with van der Waals surface area (Å²) in [5.41, 5.74) is 0. The number of nitrogens with one attached hydrogen (secondary N) is 1. The zero-order valence-corrected chi connectivity index (χ0v) is 48.2. The van der Waals surface area contributed by atoms with Gasteiger partial charge in [-0.15, -0.1) is 0 Å². The van der Waals surface area contributed by atoms with Crippen molar-refractivity contribution < 1.29 is 32.9 Å². The van der Waals surface area contributed by atoms with Crippen LogP contribution < -0.4 is 5.32 Å². The zero-order chi connectivity index (χ0) is 51.3. The van der Waals surface area contributed by atoms with Crippen LogP contribution >= 0.6 is 7.82 Å². The van der Waals surface area contributed by atoms with Gasteiger partial charge in [-0.2, -0.15) is 0 Å². The number of aliphatic hydroxyl groups excluding tert-OH is 1. The van der Waals surface area contributed by atoms with E-state index in [1.807, 2.05) is 27.2 Å². The molecule has 0 aliphatic carbocycles. The van der Waals surface area contributed by atoms with Crippen LogP contribution in [0.5, 0.6) is 0 Å². The van der Waals surface area contributed by atoms with Gasteiger partial charge in [0.25, 0.3) is 0 Å². The summed E-state index contributed by atoms with van der Waals surface area (Å²) in [4.78, 5) is 23.3. The maximum Gasteiger partial charge on any atom is 0.472 e. The van der Waals surface area contributed by atoms with Crippen LogP contribution in [0.25, 0.3) is 0 Å². The summed E-state index contributed by atoms with van der Waals surface area (Å²) in [7, 11) is 1.56. The molecule has 0 saturated heterocycles. The van der Waals surface area contributed by atoms with Crippen LogP contribution in [-0.2, 0) is 18.4 Å². The van der Waals surface area contributed by atoms with E-state index >= 15 is 0 Å². The number of hydrogen-bond donors (Lipinski definition) is 3. The molecule has 0 aliphatic heterocycles.